The molecule has 10 nitrogen and oxygen atoms in total. The summed E-state index contributed by atoms with van der Waals surface area (Å²) in [7, 11) is 0. The number of carbonyl (C=O) groups is 4. The predicted molar refractivity (Wildman–Crippen MR) is 159 cm³/mol. The van der Waals surface area contributed by atoms with Gasteiger partial charge < -0.3 is 29.7 Å². The average Bonchev–Trinajstić information content (AvgIpc) is 3.56. The Labute approximate surface area is 255 Å². The maximum absolute atomic E-state index is 14.3. The molecule has 3 aliphatic heterocycles. The van der Waals surface area contributed by atoms with E-state index in [1.54, 1.807) is 24.0 Å². The quantitative estimate of drug-likeness (QED) is 0.170. The van der Waals surface area contributed by atoms with Crippen LogP contribution < -0.4 is 5.32 Å². The summed E-state index contributed by atoms with van der Waals surface area (Å²) in [6.45, 7) is 9.79. The van der Waals surface area contributed by atoms with Gasteiger partial charge in [-0.25, -0.2) is 0 Å². The predicted octanol–water partition coefficient (Wildman–Crippen LogP) is 2.35. The molecular weight excluding hydrogens is 606 g/mol. The van der Waals surface area contributed by atoms with E-state index < -0.39 is 41.7 Å². The molecule has 4 rings (SSSR count). The highest BCUT2D eigenvalue weighted by Gasteiger charge is 2.77. The number of halogens is 1. The van der Waals surface area contributed by atoms with Gasteiger partial charge in [-0.2, -0.15) is 0 Å². The first-order chi connectivity index (χ1) is 20.2. The molecule has 3 fully saturated rings. The third kappa shape index (κ3) is 6.33. The normalized spacial score (nSPS) is 28.2. The van der Waals surface area contributed by atoms with Crippen LogP contribution >= 0.6 is 15.9 Å². The van der Waals surface area contributed by atoms with Crippen LogP contribution in [0.1, 0.15) is 38.2 Å². The van der Waals surface area contributed by atoms with Crippen LogP contribution in [0.15, 0.2) is 55.6 Å². The maximum Gasteiger partial charge on any atom is 0.312 e. The second kappa shape index (κ2) is 14.0. The lowest BCUT2D eigenvalue weighted by Gasteiger charge is -2.37. The highest BCUT2D eigenvalue weighted by molar-refractivity contribution is 9.09. The van der Waals surface area contributed by atoms with Gasteiger partial charge in [-0.05, 0) is 31.7 Å². The second-order valence-corrected chi connectivity index (χ2v) is 12.3. The minimum absolute atomic E-state index is 0.126. The largest absolute Gasteiger partial charge is 0.460 e. The molecule has 1 aromatic rings. The summed E-state index contributed by atoms with van der Waals surface area (Å²) in [6, 6.07) is 8.57. The molecule has 42 heavy (non-hydrogen) atoms. The number of nitrogens with zero attached hydrogens (tertiary/aromatic N) is 2. The number of alkyl halides is 1. The first kappa shape index (κ1) is 31.9. The van der Waals surface area contributed by atoms with Gasteiger partial charge in [0.25, 0.3) is 0 Å². The zero-order valence-corrected chi connectivity index (χ0v) is 25.5. The SMILES string of the molecule is C=CCCC(=O)NC[C@@H](C)OC(=O)[C@H]1[C@@H]2O[C@@]3(CC2Br)[C@@H]1C(=O)N(CCCO)[C@@H]3C(=O)N(CC=C)Cc1ccccc1. The molecule has 3 amide bonds. The summed E-state index contributed by atoms with van der Waals surface area (Å²) in [5.41, 5.74) is -0.306. The fourth-order valence-corrected chi connectivity index (χ4v) is 7.37. The zero-order chi connectivity index (χ0) is 30.4. The molecule has 3 heterocycles. The third-order valence-electron chi connectivity index (χ3n) is 8.21. The first-order valence-electron chi connectivity index (χ1n) is 14.4. The van der Waals surface area contributed by atoms with Crippen LogP contribution in [0.2, 0.25) is 0 Å². The average molecular weight is 647 g/mol. The summed E-state index contributed by atoms with van der Waals surface area (Å²) in [6.07, 6.45) is 3.48. The molecule has 1 spiro atoms. The second-order valence-electron chi connectivity index (χ2n) is 11.1. The molecule has 0 aromatic heterocycles. The Balaban J connectivity index is 1.59. The van der Waals surface area contributed by atoms with E-state index in [2.05, 4.69) is 34.4 Å². The summed E-state index contributed by atoms with van der Waals surface area (Å²) in [5.74, 6) is -3.25. The highest BCUT2D eigenvalue weighted by Crippen LogP contribution is 2.60. The Hall–Kier alpha value is -3.02. The molecule has 7 atom stereocenters. The number of nitrogens with one attached hydrogen (secondary N) is 1. The molecular formula is C31H40BrN3O7. The van der Waals surface area contributed by atoms with Gasteiger partial charge in [-0.1, -0.05) is 58.4 Å². The lowest BCUT2D eigenvalue weighted by molar-refractivity contribution is -0.159. The Morgan fingerprint density at radius 3 is 2.69 bits per heavy atom. The molecule has 2 N–H and O–H groups in total. The van der Waals surface area contributed by atoms with Gasteiger partial charge in [0, 0.05) is 37.5 Å². The minimum atomic E-state index is -1.23. The number of amides is 3. The van der Waals surface area contributed by atoms with Gasteiger partial charge in [-0.15, -0.1) is 13.2 Å². The van der Waals surface area contributed by atoms with Gasteiger partial charge in [-0.3, -0.25) is 19.2 Å². The number of allylic oxidation sites excluding steroid dienone is 1. The van der Waals surface area contributed by atoms with Gasteiger partial charge >= 0.3 is 5.97 Å². The molecule has 228 valence electrons. The molecule has 0 aliphatic carbocycles. The van der Waals surface area contributed by atoms with E-state index >= 15 is 0 Å². The summed E-state index contributed by atoms with van der Waals surface area (Å²) in [5, 5.41) is 12.3. The lowest BCUT2D eigenvalue weighted by atomic mass is 9.70. The minimum Gasteiger partial charge on any atom is -0.460 e. The van der Waals surface area contributed by atoms with Crippen molar-refractivity contribution in [2.75, 3.05) is 26.2 Å². The lowest BCUT2D eigenvalue weighted by Crippen LogP contribution is -2.56. The van der Waals surface area contributed by atoms with Crippen LogP contribution in [0.4, 0.5) is 0 Å². The van der Waals surface area contributed by atoms with Crippen LogP contribution in [0.25, 0.3) is 0 Å². The van der Waals surface area contributed by atoms with E-state index in [0.717, 1.165) is 5.56 Å². The number of likely N-dealkylation sites (tertiary alicyclic amines) is 1. The number of fused-ring (bicyclic) bond motifs is 1. The number of hydrogen-bond acceptors (Lipinski definition) is 7. The molecule has 3 aliphatic rings. The van der Waals surface area contributed by atoms with Gasteiger partial charge in [0.2, 0.25) is 17.7 Å². The van der Waals surface area contributed by atoms with Crippen LogP contribution in [-0.2, 0) is 35.2 Å². The van der Waals surface area contributed by atoms with Crippen molar-refractivity contribution >= 4 is 39.6 Å². The molecule has 1 aromatic carbocycles. The highest BCUT2D eigenvalue weighted by atomic mass is 79.9. The van der Waals surface area contributed by atoms with Crippen molar-refractivity contribution < 1.29 is 33.8 Å². The fraction of sp³-hybridized carbons (Fsp3) is 0.548. The fourth-order valence-electron chi connectivity index (χ4n) is 6.42. The van der Waals surface area contributed by atoms with Crippen molar-refractivity contribution in [3.05, 3.63) is 61.2 Å². The van der Waals surface area contributed by atoms with Crippen molar-refractivity contribution in [2.45, 2.75) is 67.8 Å². The van der Waals surface area contributed by atoms with Gasteiger partial charge in [0.15, 0.2) is 0 Å². The maximum atomic E-state index is 14.3. The number of carbonyl (C=O) groups excluding carboxylic acids is 4. The third-order valence-corrected chi connectivity index (χ3v) is 9.05. The van der Waals surface area contributed by atoms with E-state index in [1.165, 1.54) is 4.90 Å². The summed E-state index contributed by atoms with van der Waals surface area (Å²) >= 11 is 3.66. The Bertz CT molecular complexity index is 1180. The molecule has 0 saturated carbocycles. The topological polar surface area (TPSA) is 125 Å². The summed E-state index contributed by atoms with van der Waals surface area (Å²) in [4.78, 5) is 56.8. The number of ether oxygens (including phenoxy) is 2. The number of rotatable bonds is 15. The van der Waals surface area contributed by atoms with Crippen molar-refractivity contribution in [3.63, 3.8) is 0 Å². The Morgan fingerprint density at radius 1 is 1.29 bits per heavy atom. The van der Waals surface area contributed by atoms with Gasteiger partial charge in [0.05, 0.1) is 24.5 Å². The van der Waals surface area contributed by atoms with E-state index in [1.807, 2.05) is 30.3 Å². The molecule has 0 radical (unpaired) electrons. The summed E-state index contributed by atoms with van der Waals surface area (Å²) < 4.78 is 12.2. The van der Waals surface area contributed by atoms with E-state index in [4.69, 9.17) is 9.47 Å². The molecule has 1 unspecified atom stereocenters. The van der Waals surface area contributed by atoms with Crippen molar-refractivity contribution in [3.8, 4) is 0 Å². The van der Waals surface area contributed by atoms with Gasteiger partial charge in [0.1, 0.15) is 17.7 Å². The Kier molecular flexibility index (Phi) is 10.6. The zero-order valence-electron chi connectivity index (χ0n) is 24.0. The van der Waals surface area contributed by atoms with Crippen LogP contribution in [0.3, 0.4) is 0 Å². The first-order valence-corrected chi connectivity index (χ1v) is 15.3. The van der Waals surface area contributed by atoms with Crippen LogP contribution in [-0.4, -0.2) is 93.5 Å². The van der Waals surface area contributed by atoms with Crippen molar-refractivity contribution in [1.82, 2.24) is 15.1 Å². The van der Waals surface area contributed by atoms with E-state index in [-0.39, 0.29) is 55.2 Å². The number of hydrogen-bond donors (Lipinski definition) is 2. The Morgan fingerprint density at radius 2 is 2.02 bits per heavy atom. The molecule has 3 saturated heterocycles. The number of aliphatic hydroxyl groups is 1. The molecule has 2 bridgehead atoms. The monoisotopic (exact) mass is 645 g/mol. The number of aliphatic hydroxyl groups excluding tert-OH is 1. The van der Waals surface area contributed by atoms with Crippen molar-refractivity contribution in [2.24, 2.45) is 11.8 Å². The number of benzene rings is 1. The van der Waals surface area contributed by atoms with Crippen LogP contribution in [0.5, 0.6) is 0 Å². The van der Waals surface area contributed by atoms with Crippen molar-refractivity contribution in [1.29, 1.82) is 0 Å². The van der Waals surface area contributed by atoms with E-state index in [0.29, 0.717) is 25.8 Å². The smallest absolute Gasteiger partial charge is 0.312 e. The molecule has 11 heteroatoms. The number of esters is 1. The van der Waals surface area contributed by atoms with E-state index in [9.17, 15) is 24.3 Å². The standard InChI is InChI=1S/C31H40BrN3O7/c1-4-6-13-23(37)33-18-20(3)41-30(40)24-25-28(38)35(15-10-16-36)27(31(25)17-22(32)26(24)42-31)29(39)34(14-5-2)19-21-11-8-7-9-12-21/h4-5,7-9,11-12,20,22,24-27,36H,1-2,6,10,13-19H2,3H3,(H,33,37)/t20-,22?,24-,25+,26-,27-,31+/m1/s1. The van der Waals surface area contributed by atoms with Crippen LogP contribution in [0, 0.1) is 11.8 Å².